The first-order valence-electron chi connectivity index (χ1n) is 4.90. The van der Waals surface area contributed by atoms with Crippen LogP contribution in [0.25, 0.3) is 0 Å². The van der Waals surface area contributed by atoms with Gasteiger partial charge in [0.2, 0.25) is 0 Å². The summed E-state index contributed by atoms with van der Waals surface area (Å²) in [5.74, 6) is -0.351. The molecule has 0 saturated heterocycles. The highest BCUT2D eigenvalue weighted by Gasteiger charge is 2.21. The van der Waals surface area contributed by atoms with Crippen LogP contribution in [0, 0.1) is 5.82 Å². The summed E-state index contributed by atoms with van der Waals surface area (Å²) < 4.78 is 18.6. The summed E-state index contributed by atoms with van der Waals surface area (Å²) in [4.78, 5) is 11.5. The number of ether oxygens (including phenoxy) is 1. The molecule has 1 aliphatic heterocycles. The first-order valence-corrected chi connectivity index (χ1v) is 4.90. The number of rotatable bonds is 1. The molecule has 2 rings (SSSR count). The van der Waals surface area contributed by atoms with Crippen molar-refractivity contribution < 1.29 is 13.9 Å². The zero-order valence-corrected chi connectivity index (χ0v) is 8.47. The Morgan fingerprint density at radius 3 is 3.07 bits per heavy atom. The van der Waals surface area contributed by atoms with Gasteiger partial charge in [0.15, 0.2) is 11.6 Å². The molecule has 1 amide bonds. The molecule has 0 aliphatic carbocycles. The number of benzene rings is 1. The van der Waals surface area contributed by atoms with Crippen LogP contribution in [0.2, 0.25) is 0 Å². The van der Waals surface area contributed by atoms with Crippen LogP contribution in [0.15, 0.2) is 12.1 Å². The Labute approximate surface area is 87.2 Å². The largest absolute Gasteiger partial charge is 0.490 e. The Morgan fingerprint density at radius 2 is 2.33 bits per heavy atom. The average molecular weight is 209 g/mol. The van der Waals surface area contributed by atoms with Gasteiger partial charge in [0.25, 0.3) is 5.91 Å². The van der Waals surface area contributed by atoms with Crippen LogP contribution >= 0.6 is 0 Å². The maximum absolute atomic E-state index is 13.4. The molecule has 0 spiro atoms. The van der Waals surface area contributed by atoms with E-state index in [1.165, 1.54) is 12.1 Å². The quantitative estimate of drug-likeness (QED) is 0.761. The zero-order valence-electron chi connectivity index (χ0n) is 8.47. The monoisotopic (exact) mass is 209 g/mol. The minimum absolute atomic E-state index is 0.197. The van der Waals surface area contributed by atoms with Crippen molar-refractivity contribution in [2.45, 2.75) is 12.8 Å². The molecule has 0 atom stereocenters. The SMILES string of the molecule is CNC(=O)c1ccc(F)c2c1CCCO2. The Bertz CT molecular complexity index is 404. The van der Waals surface area contributed by atoms with E-state index in [4.69, 9.17) is 4.74 Å². The molecule has 4 heteroatoms. The number of nitrogens with one attached hydrogen (secondary N) is 1. The van der Waals surface area contributed by atoms with Crippen LogP contribution in [0.1, 0.15) is 22.3 Å². The Hall–Kier alpha value is -1.58. The molecule has 1 heterocycles. The van der Waals surface area contributed by atoms with Crippen molar-refractivity contribution in [3.05, 3.63) is 29.1 Å². The van der Waals surface area contributed by atoms with Crippen LogP contribution in [-0.2, 0) is 6.42 Å². The standard InChI is InChI=1S/C11H12FNO2/c1-13-11(14)8-4-5-9(12)10-7(8)3-2-6-15-10/h4-5H,2-3,6H2,1H3,(H,13,14). The normalized spacial score (nSPS) is 14.0. The summed E-state index contributed by atoms with van der Waals surface area (Å²) in [5, 5.41) is 2.53. The molecule has 1 aliphatic rings. The molecule has 80 valence electrons. The van der Waals surface area contributed by atoms with Gasteiger partial charge >= 0.3 is 0 Å². The van der Waals surface area contributed by atoms with E-state index in [1.807, 2.05) is 0 Å². The van der Waals surface area contributed by atoms with Gasteiger partial charge in [0.05, 0.1) is 6.61 Å². The predicted molar refractivity (Wildman–Crippen MR) is 53.6 cm³/mol. The third kappa shape index (κ3) is 1.67. The van der Waals surface area contributed by atoms with Gasteiger partial charge < -0.3 is 10.1 Å². The van der Waals surface area contributed by atoms with E-state index >= 15 is 0 Å². The predicted octanol–water partition coefficient (Wildman–Crippen LogP) is 1.51. The fraction of sp³-hybridized carbons (Fsp3) is 0.364. The van der Waals surface area contributed by atoms with E-state index in [0.717, 1.165) is 6.42 Å². The van der Waals surface area contributed by atoms with Gasteiger partial charge in [-0.2, -0.15) is 0 Å². The van der Waals surface area contributed by atoms with Gasteiger partial charge in [0.1, 0.15) is 0 Å². The van der Waals surface area contributed by atoms with E-state index in [0.29, 0.717) is 24.2 Å². The highest BCUT2D eigenvalue weighted by molar-refractivity contribution is 5.96. The Kier molecular flexibility index (Phi) is 2.58. The summed E-state index contributed by atoms with van der Waals surface area (Å²) in [6.07, 6.45) is 1.51. The van der Waals surface area contributed by atoms with Crippen LogP contribution in [0.5, 0.6) is 5.75 Å². The van der Waals surface area contributed by atoms with Crippen molar-refractivity contribution in [3.8, 4) is 5.75 Å². The second-order valence-corrected chi connectivity index (χ2v) is 3.43. The van der Waals surface area contributed by atoms with Crippen LogP contribution in [-0.4, -0.2) is 19.6 Å². The third-order valence-corrected chi connectivity index (χ3v) is 2.50. The Balaban J connectivity index is 2.52. The summed E-state index contributed by atoms with van der Waals surface area (Å²) in [7, 11) is 1.56. The summed E-state index contributed by atoms with van der Waals surface area (Å²) >= 11 is 0. The maximum Gasteiger partial charge on any atom is 0.251 e. The highest BCUT2D eigenvalue weighted by atomic mass is 19.1. The minimum atomic E-state index is -0.391. The molecule has 0 bridgehead atoms. The molecular formula is C11H12FNO2. The molecule has 0 fully saturated rings. The minimum Gasteiger partial charge on any atom is -0.490 e. The lowest BCUT2D eigenvalue weighted by molar-refractivity contribution is 0.0960. The fourth-order valence-electron chi connectivity index (χ4n) is 1.77. The number of halogens is 1. The van der Waals surface area contributed by atoms with Crippen molar-refractivity contribution in [2.75, 3.05) is 13.7 Å². The van der Waals surface area contributed by atoms with Crippen molar-refractivity contribution in [3.63, 3.8) is 0 Å². The van der Waals surface area contributed by atoms with Gasteiger partial charge in [0, 0.05) is 18.2 Å². The summed E-state index contributed by atoms with van der Waals surface area (Å²) in [5.41, 5.74) is 1.19. The van der Waals surface area contributed by atoms with Gasteiger partial charge in [-0.25, -0.2) is 4.39 Å². The lowest BCUT2D eigenvalue weighted by Gasteiger charge is -2.20. The van der Waals surface area contributed by atoms with E-state index in [2.05, 4.69) is 5.32 Å². The number of carbonyl (C=O) groups is 1. The smallest absolute Gasteiger partial charge is 0.251 e. The third-order valence-electron chi connectivity index (χ3n) is 2.50. The van der Waals surface area contributed by atoms with Gasteiger partial charge in [-0.15, -0.1) is 0 Å². The second-order valence-electron chi connectivity index (χ2n) is 3.43. The van der Waals surface area contributed by atoms with Crippen LogP contribution in [0.4, 0.5) is 4.39 Å². The number of hydrogen-bond acceptors (Lipinski definition) is 2. The molecule has 0 radical (unpaired) electrons. The summed E-state index contributed by atoms with van der Waals surface area (Å²) in [6, 6.07) is 2.77. The van der Waals surface area contributed by atoms with Crippen molar-refractivity contribution >= 4 is 5.91 Å². The molecule has 0 aromatic heterocycles. The fourth-order valence-corrected chi connectivity index (χ4v) is 1.77. The lowest BCUT2D eigenvalue weighted by atomic mass is 9.99. The van der Waals surface area contributed by atoms with Crippen LogP contribution in [0.3, 0.4) is 0 Å². The van der Waals surface area contributed by atoms with E-state index in [-0.39, 0.29) is 11.7 Å². The molecule has 1 aromatic carbocycles. The van der Waals surface area contributed by atoms with E-state index in [1.54, 1.807) is 7.05 Å². The zero-order chi connectivity index (χ0) is 10.8. The van der Waals surface area contributed by atoms with Gasteiger partial charge in [-0.3, -0.25) is 4.79 Å². The molecule has 0 unspecified atom stereocenters. The van der Waals surface area contributed by atoms with Gasteiger partial charge in [-0.05, 0) is 25.0 Å². The molecule has 3 nitrogen and oxygen atoms in total. The molecular weight excluding hydrogens is 197 g/mol. The highest BCUT2D eigenvalue weighted by Crippen LogP contribution is 2.30. The Morgan fingerprint density at radius 1 is 1.53 bits per heavy atom. The van der Waals surface area contributed by atoms with Gasteiger partial charge in [-0.1, -0.05) is 0 Å². The number of amides is 1. The molecule has 0 saturated carbocycles. The number of carbonyl (C=O) groups excluding carboxylic acids is 1. The van der Waals surface area contributed by atoms with E-state index in [9.17, 15) is 9.18 Å². The lowest BCUT2D eigenvalue weighted by Crippen LogP contribution is -2.22. The van der Waals surface area contributed by atoms with Crippen molar-refractivity contribution in [2.24, 2.45) is 0 Å². The average Bonchev–Trinajstić information content (AvgIpc) is 2.29. The van der Waals surface area contributed by atoms with Crippen LogP contribution < -0.4 is 10.1 Å². The summed E-state index contributed by atoms with van der Waals surface area (Å²) in [6.45, 7) is 0.515. The first kappa shape index (κ1) is 9.96. The molecule has 15 heavy (non-hydrogen) atoms. The topological polar surface area (TPSA) is 38.3 Å². The first-order chi connectivity index (χ1) is 7.24. The van der Waals surface area contributed by atoms with E-state index < -0.39 is 5.82 Å². The second kappa shape index (κ2) is 3.88. The van der Waals surface area contributed by atoms with Crippen molar-refractivity contribution in [1.82, 2.24) is 5.32 Å². The van der Waals surface area contributed by atoms with Crippen molar-refractivity contribution in [1.29, 1.82) is 0 Å². The molecule has 1 aromatic rings. The number of fused-ring (bicyclic) bond motifs is 1. The molecule has 1 N–H and O–H groups in total. The maximum atomic E-state index is 13.4. The number of hydrogen-bond donors (Lipinski definition) is 1.